The molecule has 0 radical (unpaired) electrons. The summed E-state index contributed by atoms with van der Waals surface area (Å²) in [7, 11) is 0. The molecule has 0 saturated heterocycles. The van der Waals surface area contributed by atoms with Crippen LogP contribution < -0.4 is 5.32 Å². The van der Waals surface area contributed by atoms with Crippen LogP contribution in [-0.4, -0.2) is 17.8 Å². The first kappa shape index (κ1) is 8.60. The van der Waals surface area contributed by atoms with Crippen molar-refractivity contribution in [2.45, 2.75) is 25.3 Å². The number of carbonyl (C=O) groups excluding carboxylic acids is 1. The summed E-state index contributed by atoms with van der Waals surface area (Å²) in [6.45, 7) is 0. The molecule has 3 heteroatoms. The van der Waals surface area contributed by atoms with Crippen LogP contribution in [0.15, 0.2) is 12.2 Å². The third-order valence-electron chi connectivity index (χ3n) is 1.69. The van der Waals surface area contributed by atoms with E-state index in [1.807, 2.05) is 0 Å². The van der Waals surface area contributed by atoms with Gasteiger partial charge in [-0.05, 0) is 12.8 Å². The predicted octanol–water partition coefficient (Wildman–Crippen LogP) is 1.45. The summed E-state index contributed by atoms with van der Waals surface area (Å²) in [6, 6.07) is 0.325. The van der Waals surface area contributed by atoms with Crippen LogP contribution >= 0.6 is 11.6 Å². The van der Waals surface area contributed by atoms with Crippen molar-refractivity contribution in [3.8, 4) is 0 Å². The van der Waals surface area contributed by atoms with E-state index in [1.54, 1.807) is 0 Å². The van der Waals surface area contributed by atoms with E-state index in [9.17, 15) is 4.79 Å². The van der Waals surface area contributed by atoms with E-state index in [0.717, 1.165) is 12.8 Å². The van der Waals surface area contributed by atoms with Crippen LogP contribution in [0.25, 0.3) is 0 Å². The van der Waals surface area contributed by atoms with Crippen molar-refractivity contribution in [2.24, 2.45) is 0 Å². The highest BCUT2D eigenvalue weighted by atomic mass is 35.5. The number of hydrogen-bond acceptors (Lipinski definition) is 1. The van der Waals surface area contributed by atoms with Gasteiger partial charge in [0.25, 0.3) is 0 Å². The van der Waals surface area contributed by atoms with Gasteiger partial charge in [0.1, 0.15) is 0 Å². The molecule has 1 amide bonds. The van der Waals surface area contributed by atoms with Gasteiger partial charge in [0.05, 0.1) is 0 Å². The second-order valence-corrected chi connectivity index (χ2v) is 3.02. The molecule has 1 aliphatic carbocycles. The van der Waals surface area contributed by atoms with Crippen molar-refractivity contribution in [3.05, 3.63) is 12.2 Å². The van der Waals surface area contributed by atoms with E-state index in [1.165, 1.54) is 0 Å². The van der Waals surface area contributed by atoms with Crippen LogP contribution in [0.4, 0.5) is 0 Å². The molecule has 0 atom stereocenters. The number of hydrogen-bond donors (Lipinski definition) is 1. The van der Waals surface area contributed by atoms with Gasteiger partial charge in [0, 0.05) is 18.3 Å². The lowest BCUT2D eigenvalue weighted by molar-refractivity contribution is -0.121. The van der Waals surface area contributed by atoms with Gasteiger partial charge in [-0.2, -0.15) is 0 Å². The molecule has 1 N–H and O–H groups in total. The Kier molecular flexibility index (Phi) is 3.43. The van der Waals surface area contributed by atoms with Gasteiger partial charge in [-0.15, -0.1) is 11.6 Å². The van der Waals surface area contributed by atoms with E-state index in [2.05, 4.69) is 17.5 Å². The zero-order valence-electron chi connectivity index (χ0n) is 6.35. The van der Waals surface area contributed by atoms with Crippen LogP contribution in [0.3, 0.4) is 0 Å². The molecule has 0 aromatic heterocycles. The monoisotopic (exact) mass is 173 g/mol. The quantitative estimate of drug-likeness (QED) is 0.508. The summed E-state index contributed by atoms with van der Waals surface area (Å²) in [5, 5.41) is 2.89. The highest BCUT2D eigenvalue weighted by Crippen LogP contribution is 2.08. The normalized spacial score (nSPS) is 17.2. The first-order chi connectivity index (χ1) is 5.33. The van der Waals surface area contributed by atoms with Crippen LogP contribution in [0.2, 0.25) is 0 Å². The van der Waals surface area contributed by atoms with Crippen molar-refractivity contribution in [1.82, 2.24) is 5.32 Å². The van der Waals surface area contributed by atoms with Crippen molar-refractivity contribution in [3.63, 3.8) is 0 Å². The zero-order chi connectivity index (χ0) is 8.10. The van der Waals surface area contributed by atoms with Gasteiger partial charge in [-0.1, -0.05) is 12.2 Å². The number of amides is 1. The average molecular weight is 174 g/mol. The SMILES string of the molecule is O=C(CCCl)NC1CC=CC1. The number of rotatable bonds is 3. The molecule has 0 aromatic rings. The maximum Gasteiger partial charge on any atom is 0.221 e. The summed E-state index contributed by atoms with van der Waals surface area (Å²) in [5.74, 6) is 0.472. The Morgan fingerprint density at radius 2 is 2.18 bits per heavy atom. The largest absolute Gasteiger partial charge is 0.353 e. The Bertz CT molecular complexity index is 159. The van der Waals surface area contributed by atoms with Gasteiger partial charge in [0.15, 0.2) is 0 Å². The van der Waals surface area contributed by atoms with Gasteiger partial charge in [-0.25, -0.2) is 0 Å². The summed E-state index contributed by atoms with van der Waals surface area (Å²) in [4.78, 5) is 11.0. The molecule has 0 aromatic carbocycles. The Morgan fingerprint density at radius 3 is 2.73 bits per heavy atom. The highest BCUT2D eigenvalue weighted by Gasteiger charge is 2.11. The molecular weight excluding hydrogens is 162 g/mol. The number of alkyl halides is 1. The molecule has 62 valence electrons. The van der Waals surface area contributed by atoms with E-state index in [-0.39, 0.29) is 5.91 Å². The summed E-state index contributed by atoms with van der Waals surface area (Å²) < 4.78 is 0. The van der Waals surface area contributed by atoms with Gasteiger partial charge >= 0.3 is 0 Å². The number of halogens is 1. The molecule has 0 unspecified atom stereocenters. The van der Waals surface area contributed by atoms with Crippen molar-refractivity contribution in [1.29, 1.82) is 0 Å². The maximum atomic E-state index is 11.0. The maximum absolute atomic E-state index is 11.0. The van der Waals surface area contributed by atoms with Crippen LogP contribution in [0.1, 0.15) is 19.3 Å². The third kappa shape index (κ3) is 2.93. The van der Waals surface area contributed by atoms with E-state index in [4.69, 9.17) is 11.6 Å². The molecular formula is C8H12ClNO. The second-order valence-electron chi connectivity index (χ2n) is 2.65. The molecule has 0 fully saturated rings. The zero-order valence-corrected chi connectivity index (χ0v) is 7.10. The minimum atomic E-state index is 0.0636. The lowest BCUT2D eigenvalue weighted by Crippen LogP contribution is -2.32. The summed E-state index contributed by atoms with van der Waals surface area (Å²) >= 11 is 5.41. The van der Waals surface area contributed by atoms with Crippen molar-refractivity contribution < 1.29 is 4.79 Å². The van der Waals surface area contributed by atoms with E-state index < -0.39 is 0 Å². The Balaban J connectivity index is 2.15. The molecule has 0 aliphatic heterocycles. The average Bonchev–Trinajstić information content (AvgIpc) is 2.40. The number of carbonyl (C=O) groups is 1. The van der Waals surface area contributed by atoms with Crippen LogP contribution in [-0.2, 0) is 4.79 Å². The van der Waals surface area contributed by atoms with Crippen molar-refractivity contribution in [2.75, 3.05) is 5.88 Å². The lowest BCUT2D eigenvalue weighted by atomic mass is 10.2. The molecule has 11 heavy (non-hydrogen) atoms. The van der Waals surface area contributed by atoms with Crippen LogP contribution in [0.5, 0.6) is 0 Å². The molecule has 1 rings (SSSR count). The summed E-state index contributed by atoms with van der Waals surface area (Å²) in [5.41, 5.74) is 0. The highest BCUT2D eigenvalue weighted by molar-refractivity contribution is 6.18. The van der Waals surface area contributed by atoms with Gasteiger partial charge in [0.2, 0.25) is 5.91 Å². The molecule has 0 saturated carbocycles. The van der Waals surface area contributed by atoms with Gasteiger partial charge in [-0.3, -0.25) is 4.79 Å². The standard InChI is InChI=1S/C8H12ClNO/c9-6-5-8(11)10-7-3-1-2-4-7/h1-2,7H,3-6H2,(H,10,11). The van der Waals surface area contributed by atoms with E-state index in [0.29, 0.717) is 18.3 Å². The first-order valence-corrected chi connectivity index (χ1v) is 4.36. The molecule has 2 nitrogen and oxygen atoms in total. The third-order valence-corrected chi connectivity index (χ3v) is 1.88. The topological polar surface area (TPSA) is 29.1 Å². The van der Waals surface area contributed by atoms with Crippen LogP contribution in [0, 0.1) is 0 Å². The van der Waals surface area contributed by atoms with Crippen molar-refractivity contribution >= 4 is 17.5 Å². The Morgan fingerprint density at radius 1 is 1.55 bits per heavy atom. The van der Waals surface area contributed by atoms with E-state index >= 15 is 0 Å². The molecule has 0 heterocycles. The fourth-order valence-electron chi connectivity index (χ4n) is 1.12. The number of nitrogens with one attached hydrogen (secondary N) is 1. The minimum absolute atomic E-state index is 0.0636. The molecule has 0 spiro atoms. The smallest absolute Gasteiger partial charge is 0.221 e. The lowest BCUT2D eigenvalue weighted by Gasteiger charge is -2.10. The Labute approximate surface area is 71.6 Å². The predicted molar refractivity (Wildman–Crippen MR) is 45.6 cm³/mol. The molecule has 1 aliphatic rings. The van der Waals surface area contributed by atoms with Gasteiger partial charge < -0.3 is 5.32 Å². The fourth-order valence-corrected chi connectivity index (χ4v) is 1.29. The minimum Gasteiger partial charge on any atom is -0.353 e. The summed E-state index contributed by atoms with van der Waals surface area (Å²) in [6.07, 6.45) is 6.54. The molecule has 0 bridgehead atoms. The fraction of sp³-hybridized carbons (Fsp3) is 0.625. The second kappa shape index (κ2) is 4.39. The first-order valence-electron chi connectivity index (χ1n) is 3.83. The Hall–Kier alpha value is -0.500.